The Morgan fingerprint density at radius 1 is 0.895 bits per heavy atom. The molecule has 4 rings (SSSR count). The van der Waals surface area contributed by atoms with Crippen LogP contribution in [-0.2, 0) is 17.9 Å². The van der Waals surface area contributed by atoms with E-state index in [4.69, 9.17) is 15.5 Å². The molecular formula is C31H34N4O2S. The van der Waals surface area contributed by atoms with Crippen molar-refractivity contribution in [2.75, 3.05) is 17.6 Å². The molecule has 1 heterocycles. The largest absolute Gasteiger partial charge is 0.463 e. The van der Waals surface area contributed by atoms with Crippen molar-refractivity contribution in [1.29, 1.82) is 0 Å². The van der Waals surface area contributed by atoms with E-state index in [0.717, 1.165) is 22.4 Å². The molecule has 0 spiro atoms. The molecule has 196 valence electrons. The molecule has 0 fully saturated rings. The number of nitrogens with zero attached hydrogens (tertiary/aromatic N) is 2. The summed E-state index contributed by atoms with van der Waals surface area (Å²) >= 11 is 4.28. The van der Waals surface area contributed by atoms with Crippen molar-refractivity contribution in [1.82, 2.24) is 9.88 Å². The number of rotatable bonds is 12. The first-order valence-electron chi connectivity index (χ1n) is 12.7. The summed E-state index contributed by atoms with van der Waals surface area (Å²) in [6, 6.07) is 33.5. The number of carbonyl (C=O) groups excluding carboxylic acids is 1. The second-order valence-electron chi connectivity index (χ2n) is 9.16. The minimum absolute atomic E-state index is 0.123. The minimum atomic E-state index is -0.764. The molecule has 0 saturated heterocycles. The van der Waals surface area contributed by atoms with E-state index in [0.29, 0.717) is 37.0 Å². The van der Waals surface area contributed by atoms with Gasteiger partial charge in [-0.3, -0.25) is 4.79 Å². The van der Waals surface area contributed by atoms with Gasteiger partial charge in [-0.15, -0.1) is 0 Å². The molecule has 0 aliphatic heterocycles. The molecule has 4 aromatic rings. The molecular weight excluding hydrogens is 492 g/mol. The average molecular weight is 527 g/mol. The summed E-state index contributed by atoms with van der Waals surface area (Å²) < 4.78 is 6.27. The highest BCUT2D eigenvalue weighted by Crippen LogP contribution is 2.28. The lowest BCUT2D eigenvalue weighted by Crippen LogP contribution is -2.40. The number of anilines is 1. The lowest BCUT2D eigenvalue weighted by Gasteiger charge is -2.27. The third kappa shape index (κ3) is 7.60. The van der Waals surface area contributed by atoms with E-state index in [2.05, 4.69) is 17.9 Å². The molecule has 7 heteroatoms. The number of ether oxygens (including phenoxy) is 1. The van der Waals surface area contributed by atoms with Gasteiger partial charge in [0.1, 0.15) is 0 Å². The molecule has 0 saturated carbocycles. The van der Waals surface area contributed by atoms with Crippen molar-refractivity contribution in [2.24, 2.45) is 5.73 Å². The maximum absolute atomic E-state index is 13.8. The summed E-state index contributed by atoms with van der Waals surface area (Å²) in [6.45, 7) is 3.22. The van der Waals surface area contributed by atoms with Crippen molar-refractivity contribution in [2.45, 2.75) is 32.2 Å². The van der Waals surface area contributed by atoms with Gasteiger partial charge in [-0.25, -0.2) is 4.98 Å². The van der Waals surface area contributed by atoms with E-state index >= 15 is 0 Å². The number of nitrogens with two attached hydrogens (primary N) is 1. The quantitative estimate of drug-likeness (QED) is 0.215. The highest BCUT2D eigenvalue weighted by molar-refractivity contribution is 7.80. The zero-order valence-corrected chi connectivity index (χ0v) is 22.4. The van der Waals surface area contributed by atoms with Crippen LogP contribution >= 0.6 is 12.6 Å². The lowest BCUT2D eigenvalue weighted by atomic mass is 10.1. The van der Waals surface area contributed by atoms with Gasteiger partial charge < -0.3 is 20.7 Å². The van der Waals surface area contributed by atoms with E-state index in [-0.39, 0.29) is 11.9 Å². The first-order valence-corrected chi connectivity index (χ1v) is 13.4. The molecule has 3 aromatic carbocycles. The van der Waals surface area contributed by atoms with Crippen LogP contribution in [0.15, 0.2) is 103 Å². The van der Waals surface area contributed by atoms with Crippen LogP contribution in [0.2, 0.25) is 0 Å². The maximum atomic E-state index is 13.8. The van der Waals surface area contributed by atoms with Gasteiger partial charge in [0.15, 0.2) is 6.10 Å². The summed E-state index contributed by atoms with van der Waals surface area (Å²) in [5, 5.41) is 3.31. The standard InChI is InChI=1S/C31H34N4O2S/c1-23(31(36)35(20-24-11-5-2-6-12-24)21-25-13-7-3-8-14-25)37-30-29(33-19-27(32)22-38)18-17-28(34-30)26-15-9-4-10-16-26/h2-18,23,27,33,38H,19-22,32H2,1H3/t23-,27?/m1/s1. The van der Waals surface area contributed by atoms with Crippen LogP contribution in [0.3, 0.4) is 0 Å². The number of amides is 1. The first kappa shape index (κ1) is 27.2. The Kier molecular flexibility index (Phi) is 9.78. The molecule has 1 amide bonds. The zero-order chi connectivity index (χ0) is 26.7. The molecule has 6 nitrogen and oxygen atoms in total. The Bertz CT molecular complexity index is 1250. The average Bonchev–Trinajstić information content (AvgIpc) is 2.97. The van der Waals surface area contributed by atoms with Crippen LogP contribution in [0.25, 0.3) is 11.3 Å². The summed E-state index contributed by atoms with van der Waals surface area (Å²) in [5.41, 5.74) is 10.6. The maximum Gasteiger partial charge on any atom is 0.264 e. The molecule has 0 aliphatic carbocycles. The molecule has 38 heavy (non-hydrogen) atoms. The van der Waals surface area contributed by atoms with E-state index in [1.807, 2.05) is 108 Å². The summed E-state index contributed by atoms with van der Waals surface area (Å²) in [4.78, 5) is 20.4. The predicted molar refractivity (Wildman–Crippen MR) is 157 cm³/mol. The van der Waals surface area contributed by atoms with Crippen LogP contribution in [0, 0.1) is 0 Å². The fraction of sp³-hybridized carbons (Fsp3) is 0.226. The van der Waals surface area contributed by atoms with E-state index < -0.39 is 6.10 Å². The normalized spacial score (nSPS) is 12.4. The lowest BCUT2D eigenvalue weighted by molar-refractivity contribution is -0.139. The number of pyridine rings is 1. The Morgan fingerprint density at radius 3 is 2.00 bits per heavy atom. The van der Waals surface area contributed by atoms with Gasteiger partial charge in [0.05, 0.1) is 11.4 Å². The minimum Gasteiger partial charge on any atom is -0.463 e. The number of nitrogens with one attached hydrogen (secondary N) is 1. The molecule has 3 N–H and O–H groups in total. The van der Waals surface area contributed by atoms with E-state index in [9.17, 15) is 4.79 Å². The van der Waals surface area contributed by atoms with Crippen molar-refractivity contribution >= 4 is 24.2 Å². The monoisotopic (exact) mass is 526 g/mol. The van der Waals surface area contributed by atoms with E-state index in [1.54, 1.807) is 6.92 Å². The number of aromatic nitrogens is 1. The fourth-order valence-corrected chi connectivity index (χ4v) is 4.16. The molecule has 2 atom stereocenters. The van der Waals surface area contributed by atoms with E-state index in [1.165, 1.54) is 0 Å². The SMILES string of the molecule is C[C@@H](Oc1nc(-c2ccccc2)ccc1NCC(N)CS)C(=O)N(Cc1ccccc1)Cc1ccccc1. The van der Waals surface area contributed by atoms with Crippen LogP contribution in [0.5, 0.6) is 5.88 Å². The third-order valence-electron chi connectivity index (χ3n) is 6.10. The number of carbonyl (C=O) groups is 1. The Labute approximate surface area is 230 Å². The van der Waals surface area contributed by atoms with Gasteiger partial charge in [-0.2, -0.15) is 12.6 Å². The molecule has 0 bridgehead atoms. The van der Waals surface area contributed by atoms with Gasteiger partial charge >= 0.3 is 0 Å². The number of hydrogen-bond acceptors (Lipinski definition) is 6. The van der Waals surface area contributed by atoms with Crippen molar-refractivity contribution in [3.05, 3.63) is 114 Å². The highest BCUT2D eigenvalue weighted by Gasteiger charge is 2.24. The van der Waals surface area contributed by atoms with Gasteiger partial charge in [-0.1, -0.05) is 91.0 Å². The van der Waals surface area contributed by atoms with Gasteiger partial charge in [0.25, 0.3) is 5.91 Å². The summed E-state index contributed by atoms with van der Waals surface area (Å²) in [6.07, 6.45) is -0.764. The molecule has 1 aromatic heterocycles. The van der Waals surface area contributed by atoms with Gasteiger partial charge in [0.2, 0.25) is 5.88 Å². The van der Waals surface area contributed by atoms with Crippen molar-refractivity contribution < 1.29 is 9.53 Å². The summed E-state index contributed by atoms with van der Waals surface area (Å²) in [7, 11) is 0. The third-order valence-corrected chi connectivity index (χ3v) is 6.57. The molecule has 0 radical (unpaired) electrons. The zero-order valence-electron chi connectivity index (χ0n) is 21.5. The van der Waals surface area contributed by atoms with Crippen LogP contribution in [0.1, 0.15) is 18.1 Å². The second kappa shape index (κ2) is 13.7. The number of thiol groups is 1. The van der Waals surface area contributed by atoms with Crippen molar-refractivity contribution in [3.63, 3.8) is 0 Å². The van der Waals surface area contributed by atoms with Crippen molar-refractivity contribution in [3.8, 4) is 17.1 Å². The van der Waals surface area contributed by atoms with Crippen LogP contribution in [0.4, 0.5) is 5.69 Å². The predicted octanol–water partition coefficient (Wildman–Crippen LogP) is 5.41. The summed E-state index contributed by atoms with van der Waals surface area (Å²) in [5.74, 6) is 0.780. The highest BCUT2D eigenvalue weighted by atomic mass is 32.1. The number of benzene rings is 3. The van der Waals surface area contributed by atoms with Crippen LogP contribution < -0.4 is 15.8 Å². The van der Waals surface area contributed by atoms with Gasteiger partial charge in [0, 0.05) is 37.0 Å². The Morgan fingerprint density at radius 2 is 1.45 bits per heavy atom. The molecule has 1 unspecified atom stereocenters. The van der Waals surface area contributed by atoms with Crippen LogP contribution in [-0.4, -0.2) is 40.2 Å². The smallest absolute Gasteiger partial charge is 0.264 e. The Hall–Kier alpha value is -3.81. The fourth-order valence-electron chi connectivity index (χ4n) is 4.03. The first-order chi connectivity index (χ1) is 18.5. The number of hydrogen-bond donors (Lipinski definition) is 3. The van der Waals surface area contributed by atoms with Gasteiger partial charge in [-0.05, 0) is 30.2 Å². The topological polar surface area (TPSA) is 80.5 Å². The Balaban J connectivity index is 1.59. The second-order valence-corrected chi connectivity index (χ2v) is 9.53. The molecule has 0 aliphatic rings.